The third-order valence-corrected chi connectivity index (χ3v) is 2.76. The number of nitrogens with one attached hydrogen (secondary N) is 2. The van der Waals surface area contributed by atoms with E-state index in [0.717, 1.165) is 12.7 Å². The summed E-state index contributed by atoms with van der Waals surface area (Å²) in [5.74, 6) is -0.284. The second-order valence-electron chi connectivity index (χ2n) is 3.71. The molecule has 0 radical (unpaired) electrons. The first-order valence-corrected chi connectivity index (χ1v) is 7.64. The van der Waals surface area contributed by atoms with E-state index in [2.05, 4.69) is 10.0 Å². The van der Waals surface area contributed by atoms with Crippen LogP contribution in [0.5, 0.6) is 0 Å². The summed E-state index contributed by atoms with van der Waals surface area (Å²) in [6.07, 6.45) is 2.63. The first kappa shape index (κ1) is 16.3. The lowest BCUT2D eigenvalue weighted by molar-refractivity contribution is -0.145. The van der Waals surface area contributed by atoms with Crippen LogP contribution in [0, 0.1) is 0 Å². The molecule has 0 amide bonds. The monoisotopic (exact) mass is 266 g/mol. The first-order valence-electron chi connectivity index (χ1n) is 5.75. The van der Waals surface area contributed by atoms with Crippen molar-refractivity contribution in [3.63, 3.8) is 0 Å². The third-order valence-electron chi connectivity index (χ3n) is 2.03. The van der Waals surface area contributed by atoms with Crippen molar-refractivity contribution in [3.05, 3.63) is 0 Å². The molecule has 6 nitrogen and oxygen atoms in total. The molecule has 0 bridgehead atoms. The predicted octanol–water partition coefficient (Wildman–Crippen LogP) is -0.143. The summed E-state index contributed by atoms with van der Waals surface area (Å²) in [6, 6.07) is -0.360. The Morgan fingerprint density at radius 3 is 2.41 bits per heavy atom. The normalized spacial score (nSPS) is 13.4. The van der Waals surface area contributed by atoms with Gasteiger partial charge in [0.2, 0.25) is 10.0 Å². The average Bonchev–Trinajstić information content (AvgIpc) is 2.21. The van der Waals surface area contributed by atoms with Crippen molar-refractivity contribution < 1.29 is 17.9 Å². The van der Waals surface area contributed by atoms with E-state index >= 15 is 0 Å². The fourth-order valence-electron chi connectivity index (χ4n) is 1.32. The van der Waals surface area contributed by atoms with Crippen LogP contribution < -0.4 is 10.0 Å². The maximum absolute atomic E-state index is 11.5. The van der Waals surface area contributed by atoms with Gasteiger partial charge in [-0.05, 0) is 13.3 Å². The summed E-state index contributed by atoms with van der Waals surface area (Å²) >= 11 is 0. The quantitative estimate of drug-likeness (QED) is 0.448. The Labute approximate surface area is 103 Å². The third kappa shape index (κ3) is 9.08. The highest BCUT2D eigenvalue weighted by atomic mass is 32.2. The molecule has 0 aliphatic rings. The van der Waals surface area contributed by atoms with Crippen molar-refractivity contribution in [3.8, 4) is 0 Å². The van der Waals surface area contributed by atoms with E-state index in [1.807, 2.05) is 6.92 Å². The van der Waals surface area contributed by atoms with Gasteiger partial charge in [-0.1, -0.05) is 13.3 Å². The Bertz CT molecular complexity index is 316. The number of hydrogen-bond donors (Lipinski definition) is 2. The topological polar surface area (TPSA) is 84.5 Å². The molecule has 1 unspecified atom stereocenters. The minimum Gasteiger partial charge on any atom is -0.465 e. The highest BCUT2D eigenvalue weighted by molar-refractivity contribution is 7.88. The van der Waals surface area contributed by atoms with Crippen LogP contribution in [0.4, 0.5) is 0 Å². The Kier molecular flexibility index (Phi) is 8.11. The smallest absolute Gasteiger partial charge is 0.323 e. The van der Waals surface area contributed by atoms with Crippen LogP contribution in [0.25, 0.3) is 0 Å². The van der Waals surface area contributed by atoms with Gasteiger partial charge in [-0.15, -0.1) is 0 Å². The highest BCUT2D eigenvalue weighted by Crippen LogP contribution is 1.99. The molecule has 0 saturated carbocycles. The van der Waals surface area contributed by atoms with Gasteiger partial charge in [0.05, 0.1) is 12.9 Å². The highest BCUT2D eigenvalue weighted by Gasteiger charge is 2.17. The number of hydrogen-bond acceptors (Lipinski definition) is 5. The number of rotatable bonds is 9. The summed E-state index contributed by atoms with van der Waals surface area (Å²) in [4.78, 5) is 11.5. The van der Waals surface area contributed by atoms with E-state index in [1.54, 1.807) is 6.92 Å². The summed E-state index contributed by atoms with van der Waals surface area (Å²) in [5.41, 5.74) is 0. The molecule has 0 fully saturated rings. The Morgan fingerprint density at radius 1 is 1.29 bits per heavy atom. The zero-order chi connectivity index (χ0) is 13.3. The molecular formula is C10H22N2O4S. The number of esters is 1. The molecule has 1 atom stereocenters. The van der Waals surface area contributed by atoms with Crippen LogP contribution in [0.1, 0.15) is 26.7 Å². The molecule has 0 aromatic rings. The van der Waals surface area contributed by atoms with Crippen LogP contribution in [0.15, 0.2) is 0 Å². The first-order chi connectivity index (χ1) is 7.90. The van der Waals surface area contributed by atoms with Crippen LogP contribution >= 0.6 is 0 Å². The van der Waals surface area contributed by atoms with Crippen LogP contribution in [0.2, 0.25) is 0 Å². The molecule has 7 heteroatoms. The molecule has 0 spiro atoms. The molecule has 0 aromatic heterocycles. The lowest BCUT2D eigenvalue weighted by atomic mass is 10.1. The Morgan fingerprint density at radius 2 is 1.94 bits per heavy atom. The number of carbonyl (C=O) groups excluding carboxylic acids is 1. The van der Waals surface area contributed by atoms with Crippen molar-refractivity contribution in [1.82, 2.24) is 10.0 Å². The van der Waals surface area contributed by atoms with Crippen LogP contribution in [-0.2, 0) is 19.6 Å². The van der Waals surface area contributed by atoms with E-state index in [1.165, 1.54) is 0 Å². The predicted molar refractivity (Wildman–Crippen MR) is 66.2 cm³/mol. The summed E-state index contributed by atoms with van der Waals surface area (Å²) in [7, 11) is -3.17. The second-order valence-corrected chi connectivity index (χ2v) is 5.55. The molecule has 0 heterocycles. The van der Waals surface area contributed by atoms with E-state index < -0.39 is 10.0 Å². The SMILES string of the molecule is CCCC(NCCNS(C)(=O)=O)C(=O)OCC. The number of ether oxygens (including phenoxy) is 1. The van der Waals surface area contributed by atoms with Gasteiger partial charge in [-0.3, -0.25) is 4.79 Å². The number of sulfonamides is 1. The molecule has 0 saturated heterocycles. The van der Waals surface area contributed by atoms with Crippen LogP contribution in [0.3, 0.4) is 0 Å². The zero-order valence-corrected chi connectivity index (χ0v) is 11.5. The fourth-order valence-corrected chi connectivity index (χ4v) is 1.79. The van der Waals surface area contributed by atoms with Gasteiger partial charge in [0.15, 0.2) is 0 Å². The van der Waals surface area contributed by atoms with E-state index in [0.29, 0.717) is 19.6 Å². The van der Waals surface area contributed by atoms with Gasteiger partial charge >= 0.3 is 5.97 Å². The standard InChI is InChI=1S/C10H22N2O4S/c1-4-6-9(10(13)16-5-2)11-7-8-12-17(3,14)15/h9,11-12H,4-8H2,1-3H3. The molecule has 0 aliphatic carbocycles. The van der Waals surface area contributed by atoms with Crippen molar-refractivity contribution in [2.75, 3.05) is 26.0 Å². The van der Waals surface area contributed by atoms with Crippen molar-refractivity contribution >= 4 is 16.0 Å². The van der Waals surface area contributed by atoms with E-state index in [4.69, 9.17) is 4.74 Å². The van der Waals surface area contributed by atoms with Gasteiger partial charge in [-0.2, -0.15) is 0 Å². The minimum absolute atomic E-state index is 0.262. The van der Waals surface area contributed by atoms with Crippen LogP contribution in [-0.4, -0.2) is 46.4 Å². The fraction of sp³-hybridized carbons (Fsp3) is 0.900. The van der Waals surface area contributed by atoms with E-state index in [9.17, 15) is 13.2 Å². The summed E-state index contributed by atoms with van der Waals surface area (Å²) in [5, 5.41) is 2.98. The molecule has 2 N–H and O–H groups in total. The van der Waals surface area contributed by atoms with Crippen molar-refractivity contribution in [2.24, 2.45) is 0 Å². The lowest BCUT2D eigenvalue weighted by Crippen LogP contribution is -2.42. The largest absolute Gasteiger partial charge is 0.465 e. The molecule has 0 aromatic carbocycles. The second kappa shape index (κ2) is 8.43. The Balaban J connectivity index is 3.96. The maximum atomic E-state index is 11.5. The van der Waals surface area contributed by atoms with Crippen molar-refractivity contribution in [1.29, 1.82) is 0 Å². The van der Waals surface area contributed by atoms with Gasteiger partial charge < -0.3 is 10.1 Å². The molecule has 0 aliphatic heterocycles. The zero-order valence-electron chi connectivity index (χ0n) is 10.7. The average molecular weight is 266 g/mol. The molecule has 0 rings (SSSR count). The molecule has 17 heavy (non-hydrogen) atoms. The van der Waals surface area contributed by atoms with Gasteiger partial charge in [0.25, 0.3) is 0 Å². The Hall–Kier alpha value is -0.660. The maximum Gasteiger partial charge on any atom is 0.323 e. The van der Waals surface area contributed by atoms with Gasteiger partial charge in [0, 0.05) is 13.1 Å². The van der Waals surface area contributed by atoms with Crippen molar-refractivity contribution in [2.45, 2.75) is 32.7 Å². The summed E-state index contributed by atoms with van der Waals surface area (Å²) < 4.78 is 28.9. The number of carbonyl (C=O) groups is 1. The lowest BCUT2D eigenvalue weighted by Gasteiger charge is -2.16. The molecule has 102 valence electrons. The molecular weight excluding hydrogens is 244 g/mol. The van der Waals surface area contributed by atoms with E-state index in [-0.39, 0.29) is 18.6 Å². The van der Waals surface area contributed by atoms with Gasteiger partial charge in [-0.25, -0.2) is 13.1 Å². The summed E-state index contributed by atoms with van der Waals surface area (Å²) in [6.45, 7) is 4.74. The van der Waals surface area contributed by atoms with Gasteiger partial charge in [0.1, 0.15) is 6.04 Å². The minimum atomic E-state index is -3.17.